The minimum atomic E-state index is -4.85. The molecule has 30 heavy (non-hydrogen) atoms. The van der Waals surface area contributed by atoms with E-state index in [-0.39, 0.29) is 17.5 Å². The van der Waals surface area contributed by atoms with Crippen LogP contribution in [0.3, 0.4) is 0 Å². The molecule has 0 amide bonds. The summed E-state index contributed by atoms with van der Waals surface area (Å²) in [4.78, 5) is 1.91. The summed E-state index contributed by atoms with van der Waals surface area (Å²) < 4.78 is 73.9. The van der Waals surface area contributed by atoms with Gasteiger partial charge in [0, 0.05) is 30.7 Å². The molecule has 164 valence electrons. The van der Waals surface area contributed by atoms with Crippen molar-refractivity contribution in [3.05, 3.63) is 59.1 Å². The minimum Gasteiger partial charge on any atom is -0.406 e. The molecule has 11 heteroatoms. The third-order valence-corrected chi connectivity index (χ3v) is 6.37. The third-order valence-electron chi connectivity index (χ3n) is 4.58. The molecule has 1 heterocycles. The molecule has 1 fully saturated rings. The second kappa shape index (κ2) is 9.52. The number of ether oxygens (including phenoxy) is 2. The quantitative estimate of drug-likeness (QED) is 0.678. The van der Waals surface area contributed by atoms with Crippen LogP contribution in [0.4, 0.5) is 13.2 Å². The fourth-order valence-corrected chi connectivity index (χ4v) is 4.46. The van der Waals surface area contributed by atoms with Crippen molar-refractivity contribution in [1.82, 2.24) is 9.62 Å². The van der Waals surface area contributed by atoms with Crippen LogP contribution in [0.25, 0.3) is 0 Å². The topological polar surface area (TPSA) is 67.9 Å². The van der Waals surface area contributed by atoms with Crippen molar-refractivity contribution in [1.29, 1.82) is 0 Å². The van der Waals surface area contributed by atoms with Gasteiger partial charge in [0.15, 0.2) is 0 Å². The van der Waals surface area contributed by atoms with Crippen molar-refractivity contribution in [3.8, 4) is 5.75 Å². The average molecular weight is 465 g/mol. The number of benzene rings is 2. The maximum absolute atomic E-state index is 12.7. The number of nitrogens with zero attached hydrogens (tertiary/aromatic N) is 1. The highest BCUT2D eigenvalue weighted by atomic mass is 35.5. The number of sulfonamides is 1. The summed E-state index contributed by atoms with van der Waals surface area (Å²) in [6.45, 7) is 2.30. The molecule has 0 saturated carbocycles. The Bertz CT molecular complexity index is 949. The Morgan fingerprint density at radius 2 is 1.73 bits per heavy atom. The van der Waals surface area contributed by atoms with Crippen molar-refractivity contribution >= 4 is 21.6 Å². The lowest BCUT2D eigenvalue weighted by molar-refractivity contribution is -0.274. The van der Waals surface area contributed by atoms with E-state index in [2.05, 4.69) is 14.4 Å². The van der Waals surface area contributed by atoms with Gasteiger partial charge in [0.25, 0.3) is 0 Å². The zero-order valence-electron chi connectivity index (χ0n) is 15.7. The van der Waals surface area contributed by atoms with Gasteiger partial charge in [-0.25, -0.2) is 13.1 Å². The summed E-state index contributed by atoms with van der Waals surface area (Å²) in [5, 5.41) is 0.516. The van der Waals surface area contributed by atoms with E-state index in [9.17, 15) is 21.6 Å². The summed E-state index contributed by atoms with van der Waals surface area (Å²) in [5.74, 6) is -0.497. The highest BCUT2D eigenvalue weighted by Gasteiger charge is 2.31. The molecule has 1 saturated heterocycles. The van der Waals surface area contributed by atoms with Crippen molar-refractivity contribution in [3.63, 3.8) is 0 Å². The molecule has 0 radical (unpaired) electrons. The first-order valence-electron chi connectivity index (χ1n) is 9.07. The molecule has 2 aromatic carbocycles. The van der Waals surface area contributed by atoms with Gasteiger partial charge in [-0.2, -0.15) is 0 Å². The fourth-order valence-electron chi connectivity index (χ4n) is 3.16. The van der Waals surface area contributed by atoms with E-state index in [0.717, 1.165) is 29.8 Å². The lowest BCUT2D eigenvalue weighted by Gasteiger charge is -2.35. The van der Waals surface area contributed by atoms with Gasteiger partial charge in [-0.1, -0.05) is 29.8 Å². The molecule has 1 atom stereocenters. The smallest absolute Gasteiger partial charge is 0.406 e. The van der Waals surface area contributed by atoms with Crippen molar-refractivity contribution in [2.45, 2.75) is 17.3 Å². The minimum absolute atomic E-state index is 0.0346. The summed E-state index contributed by atoms with van der Waals surface area (Å²) in [6.07, 6.45) is -4.85. The van der Waals surface area contributed by atoms with Crippen LogP contribution in [-0.4, -0.2) is 52.5 Å². The van der Waals surface area contributed by atoms with Crippen LogP contribution in [0.15, 0.2) is 53.4 Å². The van der Waals surface area contributed by atoms with Crippen molar-refractivity contribution < 1.29 is 31.1 Å². The highest BCUT2D eigenvalue weighted by molar-refractivity contribution is 7.89. The Balaban J connectivity index is 1.76. The van der Waals surface area contributed by atoms with Crippen LogP contribution >= 0.6 is 11.6 Å². The third kappa shape index (κ3) is 6.08. The number of rotatable bonds is 7. The van der Waals surface area contributed by atoms with E-state index in [1.807, 2.05) is 12.1 Å². The Labute approximate surface area is 177 Å². The van der Waals surface area contributed by atoms with Crippen LogP contribution in [0.2, 0.25) is 5.02 Å². The number of hydrogen-bond acceptors (Lipinski definition) is 5. The van der Waals surface area contributed by atoms with Gasteiger partial charge in [0.2, 0.25) is 10.0 Å². The van der Waals surface area contributed by atoms with Gasteiger partial charge in [0.05, 0.1) is 18.1 Å². The van der Waals surface area contributed by atoms with Crippen LogP contribution in [0.5, 0.6) is 5.75 Å². The van der Waals surface area contributed by atoms with Crippen LogP contribution < -0.4 is 9.46 Å². The first-order chi connectivity index (χ1) is 14.2. The molecule has 0 spiro atoms. The van der Waals surface area contributed by atoms with E-state index >= 15 is 0 Å². The molecule has 1 aliphatic rings. The van der Waals surface area contributed by atoms with Gasteiger partial charge in [-0.05, 0) is 35.9 Å². The van der Waals surface area contributed by atoms with Gasteiger partial charge in [-0.15, -0.1) is 13.2 Å². The number of morpholine rings is 1. The van der Waals surface area contributed by atoms with E-state index in [0.29, 0.717) is 31.3 Å². The van der Waals surface area contributed by atoms with Crippen molar-refractivity contribution in [2.75, 3.05) is 32.8 Å². The zero-order valence-corrected chi connectivity index (χ0v) is 17.3. The molecular formula is C19H20ClF3N2O4S. The van der Waals surface area contributed by atoms with Crippen LogP contribution in [0, 0.1) is 0 Å². The van der Waals surface area contributed by atoms with E-state index in [1.54, 1.807) is 12.1 Å². The van der Waals surface area contributed by atoms with E-state index in [4.69, 9.17) is 16.3 Å². The van der Waals surface area contributed by atoms with Gasteiger partial charge in [-0.3, -0.25) is 4.90 Å². The number of alkyl halides is 3. The van der Waals surface area contributed by atoms with Gasteiger partial charge >= 0.3 is 6.36 Å². The molecule has 0 aromatic heterocycles. The van der Waals surface area contributed by atoms with E-state index < -0.39 is 22.1 Å². The number of hydrogen-bond donors (Lipinski definition) is 1. The predicted octanol–water partition coefficient (Wildman–Crippen LogP) is 3.59. The lowest BCUT2D eigenvalue weighted by atomic mass is 10.0. The first-order valence-corrected chi connectivity index (χ1v) is 10.9. The molecule has 0 aliphatic carbocycles. The second-order valence-electron chi connectivity index (χ2n) is 6.56. The molecule has 2 aromatic rings. The number of nitrogens with one attached hydrogen (secondary N) is 1. The Morgan fingerprint density at radius 3 is 2.33 bits per heavy atom. The molecule has 1 unspecified atom stereocenters. The average Bonchev–Trinajstić information content (AvgIpc) is 2.69. The molecule has 0 bridgehead atoms. The summed E-state index contributed by atoms with van der Waals surface area (Å²) >= 11 is 6.33. The maximum atomic E-state index is 12.7. The summed E-state index contributed by atoms with van der Waals surface area (Å²) in [6, 6.07) is 10.9. The van der Waals surface area contributed by atoms with Gasteiger partial charge in [0.1, 0.15) is 5.75 Å². The Kier molecular flexibility index (Phi) is 7.25. The van der Waals surface area contributed by atoms with Crippen LogP contribution in [0.1, 0.15) is 11.6 Å². The largest absolute Gasteiger partial charge is 0.573 e. The SMILES string of the molecule is O=S(=O)(NCC(c1ccccc1Cl)N1CCOCC1)c1ccc(OC(F)(F)F)cc1. The molecule has 1 aliphatic heterocycles. The first kappa shape index (κ1) is 22.8. The fraction of sp³-hybridized carbons (Fsp3) is 0.368. The summed E-state index contributed by atoms with van der Waals surface area (Å²) in [7, 11) is -3.96. The molecule has 1 N–H and O–H groups in total. The lowest BCUT2D eigenvalue weighted by Crippen LogP contribution is -2.43. The standard InChI is InChI=1S/C19H20ClF3N2O4S/c20-17-4-2-1-3-16(17)18(25-9-11-28-12-10-25)13-24-30(26,27)15-7-5-14(6-8-15)29-19(21,22)23/h1-8,18,24H,9-13H2. The Morgan fingerprint density at radius 1 is 1.10 bits per heavy atom. The molecule has 3 rings (SSSR count). The molecular weight excluding hydrogens is 445 g/mol. The summed E-state index contributed by atoms with van der Waals surface area (Å²) in [5.41, 5.74) is 0.776. The monoisotopic (exact) mass is 464 g/mol. The normalized spacial score (nSPS) is 16.9. The van der Waals surface area contributed by atoms with E-state index in [1.165, 1.54) is 0 Å². The second-order valence-corrected chi connectivity index (χ2v) is 8.73. The van der Waals surface area contributed by atoms with Crippen molar-refractivity contribution in [2.24, 2.45) is 0 Å². The van der Waals surface area contributed by atoms with Crippen LogP contribution in [-0.2, 0) is 14.8 Å². The van der Waals surface area contributed by atoms with Gasteiger partial charge < -0.3 is 9.47 Å². The Hall–Kier alpha value is -1.85. The number of halogens is 4. The zero-order chi connectivity index (χ0) is 21.8. The highest BCUT2D eigenvalue weighted by Crippen LogP contribution is 2.29. The molecule has 6 nitrogen and oxygen atoms in total. The predicted molar refractivity (Wildman–Crippen MR) is 105 cm³/mol. The maximum Gasteiger partial charge on any atom is 0.573 e.